The number of carbonyl (C=O) groups excluding carboxylic acids is 1. The van der Waals surface area contributed by atoms with Gasteiger partial charge in [0.1, 0.15) is 11.5 Å². The predicted octanol–water partition coefficient (Wildman–Crippen LogP) is 3.09. The molecule has 1 heterocycles. The van der Waals surface area contributed by atoms with Crippen LogP contribution in [0.3, 0.4) is 0 Å². The molecular weight excluding hydrogens is 439 g/mol. The zero-order valence-corrected chi connectivity index (χ0v) is 17.4. The topological polar surface area (TPSA) is 141 Å². The van der Waals surface area contributed by atoms with E-state index in [1.807, 2.05) is 12.1 Å². The SMILES string of the molecule is CC(=O)O.CC(=O)O.O=C1OC(c2ccc(O)cc2)(c2ccc(O)cc2)c2ccccc21.[NaH]. The molecule has 0 aliphatic carbocycles. The Morgan fingerprint density at radius 2 is 1.09 bits per heavy atom. The number of esters is 1. The van der Waals surface area contributed by atoms with E-state index in [0.29, 0.717) is 5.56 Å². The summed E-state index contributed by atoms with van der Waals surface area (Å²) in [6, 6.07) is 20.4. The molecule has 4 rings (SSSR count). The van der Waals surface area contributed by atoms with Gasteiger partial charge in [0.2, 0.25) is 0 Å². The van der Waals surface area contributed by atoms with Gasteiger partial charge in [-0.2, -0.15) is 0 Å². The van der Waals surface area contributed by atoms with Crippen LogP contribution in [0.5, 0.6) is 11.5 Å². The summed E-state index contributed by atoms with van der Waals surface area (Å²) in [5.41, 5.74) is 1.60. The number of hydrogen-bond donors (Lipinski definition) is 4. The number of rotatable bonds is 2. The standard InChI is InChI=1S/C20H14O4.2C2H4O2.Na.H/c21-15-9-5-13(6-10-15)20(14-7-11-16(22)12-8-14)18-4-2-1-3-17(18)19(23)24-20;2*1-2(3)4;;/h1-12,21-22H;2*1H3,(H,3,4);;. The molecule has 0 saturated heterocycles. The van der Waals surface area contributed by atoms with Crippen LogP contribution in [0.25, 0.3) is 0 Å². The second-order valence-corrected chi connectivity index (χ2v) is 6.75. The Labute approximate surface area is 212 Å². The Kier molecular flexibility index (Phi) is 10.1. The van der Waals surface area contributed by atoms with Gasteiger partial charge >= 0.3 is 35.5 Å². The van der Waals surface area contributed by atoms with Crippen molar-refractivity contribution < 1.29 is 39.5 Å². The Bertz CT molecular complexity index is 1040. The van der Waals surface area contributed by atoms with E-state index in [4.69, 9.17) is 24.5 Å². The Morgan fingerprint density at radius 3 is 1.48 bits per heavy atom. The van der Waals surface area contributed by atoms with E-state index >= 15 is 0 Å². The minimum absolute atomic E-state index is 0. The Balaban J connectivity index is 0.000000529. The normalized spacial score (nSPS) is 12.4. The predicted molar refractivity (Wildman–Crippen MR) is 122 cm³/mol. The fraction of sp³-hybridized carbons (Fsp3) is 0.125. The van der Waals surface area contributed by atoms with Crippen molar-refractivity contribution in [2.75, 3.05) is 0 Å². The van der Waals surface area contributed by atoms with Gasteiger partial charge < -0.3 is 25.2 Å². The van der Waals surface area contributed by atoms with Gasteiger partial charge in [-0.3, -0.25) is 9.59 Å². The van der Waals surface area contributed by atoms with E-state index in [-0.39, 0.29) is 41.1 Å². The van der Waals surface area contributed by atoms with Gasteiger partial charge in [0.05, 0.1) is 5.56 Å². The molecule has 0 saturated carbocycles. The van der Waals surface area contributed by atoms with E-state index in [2.05, 4.69) is 0 Å². The Hall–Kier alpha value is -3.33. The summed E-state index contributed by atoms with van der Waals surface area (Å²) in [6.07, 6.45) is 0. The molecule has 0 atom stereocenters. The number of ether oxygens (including phenoxy) is 1. The van der Waals surface area contributed by atoms with Crippen LogP contribution in [0, 0.1) is 0 Å². The van der Waals surface area contributed by atoms with Crippen LogP contribution in [-0.2, 0) is 19.9 Å². The number of hydrogen-bond acceptors (Lipinski definition) is 6. The quantitative estimate of drug-likeness (QED) is 0.336. The molecule has 9 heteroatoms. The fourth-order valence-corrected chi connectivity index (χ4v) is 3.20. The number of aromatic hydroxyl groups is 2. The zero-order chi connectivity index (χ0) is 23.9. The summed E-state index contributed by atoms with van der Waals surface area (Å²) in [6.45, 7) is 2.17. The van der Waals surface area contributed by atoms with Crippen molar-refractivity contribution in [2.45, 2.75) is 19.4 Å². The number of fused-ring (bicyclic) bond motifs is 1. The molecule has 8 nitrogen and oxygen atoms in total. The van der Waals surface area contributed by atoms with Crippen LogP contribution in [0.2, 0.25) is 0 Å². The number of benzene rings is 3. The summed E-state index contributed by atoms with van der Waals surface area (Å²) >= 11 is 0. The number of phenols is 2. The minimum atomic E-state index is -1.10. The number of aliphatic carboxylic acids is 2. The molecule has 0 amide bonds. The first-order chi connectivity index (χ1) is 15.1. The van der Waals surface area contributed by atoms with E-state index in [9.17, 15) is 15.0 Å². The third-order valence-electron chi connectivity index (χ3n) is 4.32. The molecule has 3 aromatic rings. The molecule has 0 radical (unpaired) electrons. The first-order valence-corrected chi connectivity index (χ1v) is 9.39. The number of phenolic OH excluding ortho intramolecular Hbond substituents is 2. The second kappa shape index (κ2) is 12.1. The average molecular weight is 462 g/mol. The van der Waals surface area contributed by atoms with Gasteiger partial charge in [0.25, 0.3) is 11.9 Å². The maximum absolute atomic E-state index is 12.4. The summed E-state index contributed by atoms with van der Waals surface area (Å²) < 4.78 is 5.87. The molecule has 168 valence electrons. The molecule has 0 aromatic heterocycles. The van der Waals surface area contributed by atoms with Crippen LogP contribution in [-0.4, -0.2) is 67.9 Å². The third kappa shape index (κ3) is 6.82. The van der Waals surface area contributed by atoms with Crippen molar-refractivity contribution in [2.24, 2.45) is 0 Å². The second-order valence-electron chi connectivity index (χ2n) is 6.75. The number of carboxylic acids is 2. The molecule has 0 spiro atoms. The van der Waals surface area contributed by atoms with Crippen molar-refractivity contribution in [3.05, 3.63) is 95.1 Å². The van der Waals surface area contributed by atoms with Crippen LogP contribution >= 0.6 is 0 Å². The first kappa shape index (κ1) is 27.7. The molecule has 1 aliphatic rings. The number of carboxylic acid groups (broad SMARTS) is 2. The van der Waals surface area contributed by atoms with Crippen molar-refractivity contribution in [1.82, 2.24) is 0 Å². The van der Waals surface area contributed by atoms with Crippen LogP contribution in [0.1, 0.15) is 40.9 Å². The van der Waals surface area contributed by atoms with Crippen LogP contribution < -0.4 is 0 Å². The van der Waals surface area contributed by atoms with E-state index < -0.39 is 23.5 Å². The maximum atomic E-state index is 12.4. The average Bonchev–Trinajstić information content (AvgIpc) is 3.02. The molecule has 0 bridgehead atoms. The fourth-order valence-electron chi connectivity index (χ4n) is 3.20. The third-order valence-corrected chi connectivity index (χ3v) is 4.32. The molecule has 4 N–H and O–H groups in total. The van der Waals surface area contributed by atoms with Crippen molar-refractivity contribution in [1.29, 1.82) is 0 Å². The Morgan fingerprint density at radius 1 is 0.727 bits per heavy atom. The summed E-state index contributed by atoms with van der Waals surface area (Å²) in [5, 5.41) is 34.0. The van der Waals surface area contributed by atoms with Gasteiger partial charge in [-0.15, -0.1) is 0 Å². The van der Waals surface area contributed by atoms with Crippen LogP contribution in [0.15, 0.2) is 72.8 Å². The number of carbonyl (C=O) groups is 3. The van der Waals surface area contributed by atoms with E-state index in [0.717, 1.165) is 30.5 Å². The van der Waals surface area contributed by atoms with Crippen molar-refractivity contribution in [3.8, 4) is 11.5 Å². The van der Waals surface area contributed by atoms with Crippen molar-refractivity contribution in [3.63, 3.8) is 0 Å². The molecule has 1 aliphatic heterocycles. The zero-order valence-electron chi connectivity index (χ0n) is 17.4. The molecule has 0 unspecified atom stereocenters. The van der Waals surface area contributed by atoms with Gasteiger partial charge in [-0.05, 0) is 30.3 Å². The molecule has 3 aromatic carbocycles. The summed E-state index contributed by atoms with van der Waals surface area (Å²) in [7, 11) is 0. The van der Waals surface area contributed by atoms with E-state index in [1.54, 1.807) is 60.7 Å². The monoisotopic (exact) mass is 462 g/mol. The van der Waals surface area contributed by atoms with Gasteiger partial charge in [-0.1, -0.05) is 42.5 Å². The molecular formula is C24H23NaO8. The first-order valence-electron chi connectivity index (χ1n) is 9.39. The molecule has 33 heavy (non-hydrogen) atoms. The van der Waals surface area contributed by atoms with E-state index in [1.165, 1.54) is 0 Å². The van der Waals surface area contributed by atoms with Gasteiger partial charge in [-0.25, -0.2) is 4.79 Å². The van der Waals surface area contributed by atoms with Crippen LogP contribution in [0.4, 0.5) is 0 Å². The summed E-state index contributed by atoms with van der Waals surface area (Å²) in [4.78, 5) is 30.4. The molecule has 0 fully saturated rings. The van der Waals surface area contributed by atoms with Gasteiger partial charge in [0, 0.05) is 30.5 Å². The van der Waals surface area contributed by atoms with Crippen molar-refractivity contribution >= 4 is 47.5 Å². The summed E-state index contributed by atoms with van der Waals surface area (Å²) in [5.74, 6) is -1.79. The number of cyclic esters (lactones) is 1. The van der Waals surface area contributed by atoms with Gasteiger partial charge in [0.15, 0.2) is 5.60 Å².